The Hall–Kier alpha value is -3.02. The van der Waals surface area contributed by atoms with Gasteiger partial charge in [0.2, 0.25) is 0 Å². The number of likely N-dealkylation sites (N-methyl/N-ethyl adjacent to an activating group) is 1. The quantitative estimate of drug-likeness (QED) is 0.472. The van der Waals surface area contributed by atoms with Gasteiger partial charge >= 0.3 is 0 Å². The molecule has 158 valence electrons. The summed E-state index contributed by atoms with van der Waals surface area (Å²) in [5.41, 5.74) is 6.36. The van der Waals surface area contributed by atoms with Crippen LogP contribution in [0.2, 0.25) is 5.02 Å². The fourth-order valence-corrected chi connectivity index (χ4v) is 4.77. The number of benzene rings is 2. The molecule has 5 nitrogen and oxygen atoms in total. The molecule has 1 aliphatic rings. The van der Waals surface area contributed by atoms with Crippen molar-refractivity contribution in [1.82, 2.24) is 14.0 Å². The monoisotopic (exact) mass is 433 g/mol. The maximum absolute atomic E-state index is 13.0. The second-order valence-corrected chi connectivity index (χ2v) is 8.58. The maximum atomic E-state index is 13.0. The van der Waals surface area contributed by atoms with E-state index in [0.717, 1.165) is 41.8 Å². The first kappa shape index (κ1) is 19.9. The molecule has 4 aromatic rings. The van der Waals surface area contributed by atoms with Gasteiger partial charge in [-0.3, -0.25) is 9.36 Å². The zero-order valence-electron chi connectivity index (χ0n) is 17.9. The summed E-state index contributed by atoms with van der Waals surface area (Å²) < 4.78 is 9.41. The van der Waals surface area contributed by atoms with Crippen LogP contribution in [0, 0.1) is 0 Å². The van der Waals surface area contributed by atoms with Crippen LogP contribution in [-0.4, -0.2) is 34.7 Å². The van der Waals surface area contributed by atoms with Crippen molar-refractivity contribution in [2.24, 2.45) is 7.05 Å². The maximum Gasteiger partial charge on any atom is 0.255 e. The third kappa shape index (κ3) is 3.34. The molecule has 0 spiro atoms. The van der Waals surface area contributed by atoms with Crippen molar-refractivity contribution in [2.75, 3.05) is 20.7 Å². The Morgan fingerprint density at radius 1 is 1.03 bits per heavy atom. The van der Waals surface area contributed by atoms with E-state index in [2.05, 4.69) is 35.7 Å². The van der Waals surface area contributed by atoms with Gasteiger partial charge in [0.25, 0.3) is 5.56 Å². The van der Waals surface area contributed by atoms with Gasteiger partial charge in [-0.1, -0.05) is 17.7 Å². The van der Waals surface area contributed by atoms with Crippen LogP contribution in [0.15, 0.2) is 59.5 Å². The van der Waals surface area contributed by atoms with Gasteiger partial charge in [-0.15, -0.1) is 0 Å². The lowest BCUT2D eigenvalue weighted by Gasteiger charge is -2.23. The van der Waals surface area contributed by atoms with Crippen LogP contribution < -0.4 is 10.3 Å². The summed E-state index contributed by atoms with van der Waals surface area (Å²) in [4.78, 5) is 15.4. The molecular formula is C25H24ClN3O2. The molecule has 5 rings (SSSR count). The number of aromatic nitrogens is 2. The Morgan fingerprint density at radius 2 is 1.87 bits per heavy atom. The van der Waals surface area contributed by atoms with E-state index >= 15 is 0 Å². The predicted octanol–water partition coefficient (Wildman–Crippen LogP) is 4.65. The topological polar surface area (TPSA) is 39.4 Å². The van der Waals surface area contributed by atoms with Crippen LogP contribution in [0.3, 0.4) is 0 Å². The number of halogens is 1. The van der Waals surface area contributed by atoms with Gasteiger partial charge < -0.3 is 14.2 Å². The van der Waals surface area contributed by atoms with E-state index in [9.17, 15) is 4.79 Å². The molecule has 2 aromatic heterocycles. The number of rotatable bonds is 3. The third-order valence-electron chi connectivity index (χ3n) is 6.25. The lowest BCUT2D eigenvalue weighted by Crippen LogP contribution is -2.26. The predicted molar refractivity (Wildman–Crippen MR) is 126 cm³/mol. The molecule has 31 heavy (non-hydrogen) atoms. The van der Waals surface area contributed by atoms with Crippen LogP contribution in [0.1, 0.15) is 11.3 Å². The standard InChI is InChI=1S/C25H24ClN3O2/c1-27-10-9-22-21(15-27)20-7-5-18(14-23(20)28(22)2)29-11-8-16(12-25(29)30)19-6-4-17(26)13-24(19)31-3/h4-8,11-14H,9-10,15H2,1-3H3. The van der Waals surface area contributed by atoms with Crippen LogP contribution in [0.4, 0.5) is 0 Å². The smallest absolute Gasteiger partial charge is 0.255 e. The van der Waals surface area contributed by atoms with Gasteiger partial charge in [0.15, 0.2) is 0 Å². The van der Waals surface area contributed by atoms with Crippen molar-refractivity contribution in [1.29, 1.82) is 0 Å². The average molecular weight is 434 g/mol. The normalized spacial score (nSPS) is 14.1. The van der Waals surface area contributed by atoms with Gasteiger partial charge in [0, 0.05) is 60.5 Å². The molecule has 1 aliphatic heterocycles. The van der Waals surface area contributed by atoms with Crippen LogP contribution >= 0.6 is 11.6 Å². The van der Waals surface area contributed by atoms with Gasteiger partial charge in [0.05, 0.1) is 18.3 Å². The number of methoxy groups -OCH3 is 1. The number of nitrogens with zero attached hydrogens (tertiary/aromatic N) is 3. The number of hydrogen-bond donors (Lipinski definition) is 0. The zero-order chi connectivity index (χ0) is 21.7. The van der Waals surface area contributed by atoms with Crippen LogP contribution in [0.5, 0.6) is 5.75 Å². The van der Waals surface area contributed by atoms with E-state index in [4.69, 9.17) is 16.3 Å². The fraction of sp³-hybridized carbons (Fsp3) is 0.240. The van der Waals surface area contributed by atoms with Crippen molar-refractivity contribution >= 4 is 22.5 Å². The summed E-state index contributed by atoms with van der Waals surface area (Å²) in [5.74, 6) is 0.644. The largest absolute Gasteiger partial charge is 0.496 e. The van der Waals surface area contributed by atoms with Crippen LogP contribution in [0.25, 0.3) is 27.7 Å². The fourth-order valence-electron chi connectivity index (χ4n) is 4.61. The van der Waals surface area contributed by atoms with E-state index < -0.39 is 0 Å². The number of pyridine rings is 1. The summed E-state index contributed by atoms with van der Waals surface area (Å²) in [6, 6.07) is 15.3. The lowest BCUT2D eigenvalue weighted by molar-refractivity contribution is 0.310. The van der Waals surface area contributed by atoms with Crippen molar-refractivity contribution < 1.29 is 4.74 Å². The molecule has 6 heteroatoms. The summed E-state index contributed by atoms with van der Waals surface area (Å²) in [5, 5.41) is 1.86. The summed E-state index contributed by atoms with van der Waals surface area (Å²) in [6.07, 6.45) is 2.87. The highest BCUT2D eigenvalue weighted by Crippen LogP contribution is 2.33. The molecule has 0 radical (unpaired) electrons. The van der Waals surface area contributed by atoms with E-state index in [0.29, 0.717) is 10.8 Å². The summed E-state index contributed by atoms with van der Waals surface area (Å²) >= 11 is 6.08. The molecule has 0 aliphatic carbocycles. The highest BCUT2D eigenvalue weighted by molar-refractivity contribution is 6.30. The molecule has 0 fully saturated rings. The molecule has 3 heterocycles. The molecule has 2 aromatic carbocycles. The third-order valence-corrected chi connectivity index (χ3v) is 6.49. The Bertz CT molecular complexity index is 1370. The number of hydrogen-bond acceptors (Lipinski definition) is 3. The minimum Gasteiger partial charge on any atom is -0.496 e. The molecule has 0 unspecified atom stereocenters. The van der Waals surface area contributed by atoms with Crippen LogP contribution in [-0.2, 0) is 20.0 Å². The zero-order valence-corrected chi connectivity index (χ0v) is 18.6. The highest BCUT2D eigenvalue weighted by atomic mass is 35.5. The van der Waals surface area contributed by atoms with Gasteiger partial charge in [-0.2, -0.15) is 0 Å². The molecular weight excluding hydrogens is 410 g/mol. The number of fused-ring (bicyclic) bond motifs is 3. The Balaban J connectivity index is 1.58. The molecule has 0 atom stereocenters. The number of aryl methyl sites for hydroxylation is 1. The van der Waals surface area contributed by atoms with Crippen molar-refractivity contribution in [2.45, 2.75) is 13.0 Å². The molecule has 0 bridgehead atoms. The minimum absolute atomic E-state index is 0.0902. The molecule has 0 N–H and O–H groups in total. The van der Waals surface area contributed by atoms with Crippen molar-refractivity contribution in [3.05, 3.63) is 81.4 Å². The van der Waals surface area contributed by atoms with Gasteiger partial charge in [-0.05, 0) is 54.6 Å². The first-order valence-corrected chi connectivity index (χ1v) is 10.7. The van der Waals surface area contributed by atoms with Gasteiger partial charge in [-0.25, -0.2) is 0 Å². The van der Waals surface area contributed by atoms with E-state index in [-0.39, 0.29) is 5.56 Å². The highest BCUT2D eigenvalue weighted by Gasteiger charge is 2.21. The van der Waals surface area contributed by atoms with Crippen molar-refractivity contribution in [3.8, 4) is 22.6 Å². The number of ether oxygens (including phenoxy) is 1. The lowest BCUT2D eigenvalue weighted by atomic mass is 10.0. The SMILES string of the molecule is COc1cc(Cl)ccc1-c1ccn(-c2ccc3c4c(n(C)c3c2)CCN(C)C4)c(=O)c1. The minimum atomic E-state index is -0.0902. The Kier molecular flexibility index (Phi) is 4.88. The van der Waals surface area contributed by atoms with Gasteiger partial charge in [0.1, 0.15) is 5.75 Å². The first-order valence-electron chi connectivity index (χ1n) is 10.3. The molecule has 0 amide bonds. The average Bonchev–Trinajstić information content (AvgIpc) is 3.04. The summed E-state index contributed by atoms with van der Waals surface area (Å²) in [6.45, 7) is 2.03. The second-order valence-electron chi connectivity index (χ2n) is 8.14. The molecule has 0 saturated carbocycles. The van der Waals surface area contributed by atoms with E-state index in [1.165, 1.54) is 16.6 Å². The van der Waals surface area contributed by atoms with E-state index in [1.54, 1.807) is 29.9 Å². The van der Waals surface area contributed by atoms with Crippen molar-refractivity contribution in [3.63, 3.8) is 0 Å². The Labute approximate surface area is 186 Å². The summed E-state index contributed by atoms with van der Waals surface area (Å²) in [7, 11) is 5.88. The Morgan fingerprint density at radius 3 is 2.65 bits per heavy atom. The second kappa shape index (κ2) is 7.59. The first-order chi connectivity index (χ1) is 15.0. The molecule has 0 saturated heterocycles. The van der Waals surface area contributed by atoms with E-state index in [1.807, 2.05) is 24.4 Å².